The Labute approximate surface area is 57.8 Å². The van der Waals surface area contributed by atoms with Crippen molar-refractivity contribution in [2.45, 2.75) is 0 Å². The molecule has 0 aliphatic rings. The van der Waals surface area contributed by atoms with Gasteiger partial charge in [-0.3, -0.25) is 8.42 Å². The van der Waals surface area contributed by atoms with Gasteiger partial charge in [-0.2, -0.15) is 0 Å². The van der Waals surface area contributed by atoms with Gasteiger partial charge in [-0.1, -0.05) is 0 Å². The quantitative estimate of drug-likeness (QED) is 0.222. The van der Waals surface area contributed by atoms with E-state index in [1.807, 2.05) is 0 Å². The second-order valence-electron chi connectivity index (χ2n) is 0.408. The first-order chi connectivity index (χ1) is 2.00. The van der Waals surface area contributed by atoms with Crippen LogP contribution in [0.15, 0.2) is 0 Å². The molecular weight excluding hydrogens is 195 g/mol. The fourth-order valence-corrected chi connectivity index (χ4v) is 0. The number of halogens is 1. The minimum absolute atomic E-state index is 0. The van der Waals surface area contributed by atoms with Gasteiger partial charge in [-0.15, -0.1) is 0 Å². The Kier molecular flexibility index (Phi) is 10.8. The number of hydrogen-bond donors (Lipinski definition) is 0. The average molecular weight is 195 g/mol. The Hall–Kier alpha value is 0.679. The van der Waals surface area contributed by atoms with E-state index in [0.29, 0.717) is 0 Å². The third-order valence-electron chi connectivity index (χ3n) is 0. The van der Waals surface area contributed by atoms with Crippen LogP contribution in [0.3, 0.4) is 0 Å². The summed E-state index contributed by atoms with van der Waals surface area (Å²) in [5.74, 6) is 0. The number of hydrogen-bond acceptors (Lipinski definition) is 4. The maximum atomic E-state index is 8.52. The molecule has 0 rings (SSSR count). The predicted molar refractivity (Wildman–Crippen MR) is 10.5 cm³/mol. The molecule has 0 N–H and O–H groups in total. The fourth-order valence-electron chi connectivity index (χ4n) is 0. The number of rotatable bonds is 0. The third-order valence-corrected chi connectivity index (χ3v) is 0. The molecule has 0 fully saturated rings. The summed E-state index contributed by atoms with van der Waals surface area (Å²) in [6.07, 6.45) is 0. The molecule has 0 aliphatic carbocycles. The molecule has 0 saturated heterocycles. The van der Waals surface area contributed by atoms with Crippen LogP contribution in [-0.2, 0) is 27.5 Å². The van der Waals surface area contributed by atoms with Crippen LogP contribution in [0.1, 0.15) is 0 Å². The molecular formula is ClCuO4S-3. The van der Waals surface area contributed by atoms with Crippen LogP contribution in [-0.4, -0.2) is 17.5 Å². The molecule has 0 saturated carbocycles. The summed E-state index contributed by atoms with van der Waals surface area (Å²) in [6.45, 7) is 0. The molecule has 0 aromatic rings. The van der Waals surface area contributed by atoms with E-state index in [0.717, 1.165) is 0 Å². The Bertz CT molecular complexity index is 94.9. The van der Waals surface area contributed by atoms with Crippen molar-refractivity contribution in [3.05, 3.63) is 0 Å². The maximum absolute atomic E-state index is 8.52. The van der Waals surface area contributed by atoms with Crippen molar-refractivity contribution >= 4 is 10.4 Å². The topological polar surface area (TPSA) is 80.3 Å². The van der Waals surface area contributed by atoms with Crippen molar-refractivity contribution in [1.29, 1.82) is 0 Å². The van der Waals surface area contributed by atoms with Crippen LogP contribution in [0, 0.1) is 0 Å². The van der Waals surface area contributed by atoms with Gasteiger partial charge in [-0.05, 0) is 0 Å². The molecule has 0 unspecified atom stereocenters. The molecule has 0 bridgehead atoms. The second kappa shape index (κ2) is 4.83. The molecule has 0 aromatic carbocycles. The van der Waals surface area contributed by atoms with Gasteiger partial charge in [0.05, 0.1) is 0 Å². The summed E-state index contributed by atoms with van der Waals surface area (Å²) in [5.41, 5.74) is 0. The Morgan fingerprint density at radius 1 is 1.14 bits per heavy atom. The molecule has 0 atom stereocenters. The zero-order valence-corrected chi connectivity index (χ0v) is 5.23. The zero-order chi connectivity index (χ0) is 4.50. The van der Waals surface area contributed by atoms with Crippen molar-refractivity contribution < 1.29 is 47.0 Å². The average Bonchev–Trinajstić information content (AvgIpc) is 0.722. The molecule has 7 heteroatoms. The van der Waals surface area contributed by atoms with Gasteiger partial charge in [0.15, 0.2) is 0 Å². The standard InChI is InChI=1S/ClH.Cu.H2O4S/c;;1-5(2,3)4/h1H;;(H2,1,2,3,4)/p-3. The molecule has 0 aliphatic heterocycles. The first-order valence-corrected chi connectivity index (χ1v) is 2.00. The smallest absolute Gasteiger partial charge is 0.0311 e. The monoisotopic (exact) mass is 194 g/mol. The Morgan fingerprint density at radius 2 is 1.14 bits per heavy atom. The van der Waals surface area contributed by atoms with Gasteiger partial charge in [0.1, 0.15) is 0 Å². The van der Waals surface area contributed by atoms with Crippen molar-refractivity contribution in [2.24, 2.45) is 0 Å². The minimum Gasteiger partial charge on any atom is -1.00 e. The summed E-state index contributed by atoms with van der Waals surface area (Å²) in [4.78, 5) is 0. The van der Waals surface area contributed by atoms with E-state index >= 15 is 0 Å². The van der Waals surface area contributed by atoms with Crippen molar-refractivity contribution in [1.82, 2.24) is 0 Å². The van der Waals surface area contributed by atoms with E-state index < -0.39 is 10.4 Å². The van der Waals surface area contributed by atoms with Crippen LogP contribution in [0.25, 0.3) is 0 Å². The summed E-state index contributed by atoms with van der Waals surface area (Å²) in [7, 11) is -5.17. The van der Waals surface area contributed by atoms with Crippen LogP contribution in [0.2, 0.25) is 0 Å². The van der Waals surface area contributed by atoms with E-state index in [9.17, 15) is 0 Å². The normalized spacial score (nSPS) is 8.29. The third kappa shape index (κ3) is 317. The van der Waals surface area contributed by atoms with Crippen LogP contribution >= 0.6 is 0 Å². The van der Waals surface area contributed by atoms with Crippen LogP contribution in [0.5, 0.6) is 0 Å². The van der Waals surface area contributed by atoms with Gasteiger partial charge in [-0.25, -0.2) is 0 Å². The molecule has 51 valence electrons. The maximum Gasteiger partial charge on any atom is 0.0311 e. The van der Waals surface area contributed by atoms with E-state index in [2.05, 4.69) is 0 Å². The minimum atomic E-state index is -5.17. The first kappa shape index (κ1) is 15.6. The van der Waals surface area contributed by atoms with E-state index in [4.69, 9.17) is 17.5 Å². The van der Waals surface area contributed by atoms with Crippen LogP contribution < -0.4 is 12.4 Å². The molecule has 0 heterocycles. The Balaban J connectivity index is -0.0000000800. The van der Waals surface area contributed by atoms with Crippen LogP contribution in [0.4, 0.5) is 0 Å². The van der Waals surface area contributed by atoms with Gasteiger partial charge < -0.3 is 21.5 Å². The predicted octanol–water partition coefficient (Wildman–Crippen LogP) is -4.34. The van der Waals surface area contributed by atoms with Gasteiger partial charge in [0, 0.05) is 27.5 Å². The summed E-state index contributed by atoms with van der Waals surface area (Å²) < 4.78 is 34.1. The molecule has 4 nitrogen and oxygen atoms in total. The molecule has 1 radical (unpaired) electrons. The summed E-state index contributed by atoms with van der Waals surface area (Å²) in [5, 5.41) is 0. The van der Waals surface area contributed by atoms with E-state index in [1.54, 1.807) is 0 Å². The van der Waals surface area contributed by atoms with Gasteiger partial charge in [0.2, 0.25) is 0 Å². The SMILES string of the molecule is O=S(=O)([O-])[O-].[Cl-].[Cu]. The second-order valence-corrected chi connectivity index (χ2v) is 1.22. The molecule has 7 heavy (non-hydrogen) atoms. The zero-order valence-electron chi connectivity index (χ0n) is 2.72. The van der Waals surface area contributed by atoms with E-state index in [-0.39, 0.29) is 29.5 Å². The Morgan fingerprint density at radius 3 is 1.14 bits per heavy atom. The molecule has 0 amide bonds. The van der Waals surface area contributed by atoms with Crippen molar-refractivity contribution in [3.63, 3.8) is 0 Å². The van der Waals surface area contributed by atoms with Crippen molar-refractivity contribution in [2.75, 3.05) is 0 Å². The summed E-state index contributed by atoms with van der Waals surface area (Å²) in [6, 6.07) is 0. The molecule has 0 aromatic heterocycles. The fraction of sp³-hybridized carbons (Fsp3) is 0. The van der Waals surface area contributed by atoms with E-state index in [1.165, 1.54) is 0 Å². The molecule has 0 spiro atoms. The largest absolute Gasteiger partial charge is 1.00 e. The first-order valence-electron chi connectivity index (χ1n) is 0.667. The summed E-state index contributed by atoms with van der Waals surface area (Å²) >= 11 is 0. The van der Waals surface area contributed by atoms with Gasteiger partial charge >= 0.3 is 0 Å². The van der Waals surface area contributed by atoms with Gasteiger partial charge in [0.25, 0.3) is 0 Å². The van der Waals surface area contributed by atoms with Crippen molar-refractivity contribution in [3.8, 4) is 0 Å².